The average Bonchev–Trinajstić information content (AvgIpc) is 3.43. The molecule has 44 heavy (non-hydrogen) atoms. The predicted molar refractivity (Wildman–Crippen MR) is 170 cm³/mol. The molecule has 9 nitrogen and oxygen atoms in total. The number of aromatic nitrogens is 2. The number of rotatable bonds is 8. The fraction of sp³-hybridized carbons (Fsp3) is 0.0625. The SMILES string of the molecule is COc1cc(C=Nn2c(-c3cc4cc(Cl)ccc4o3)nc3ccccc3c2=O)cc(Br)c1OCC(=O)Nc1cccc(F)c1. The van der Waals surface area contributed by atoms with Crippen LogP contribution in [0.3, 0.4) is 0 Å². The molecule has 6 rings (SSSR count). The van der Waals surface area contributed by atoms with E-state index < -0.39 is 17.3 Å². The molecule has 1 amide bonds. The van der Waals surface area contributed by atoms with Gasteiger partial charge in [-0.1, -0.05) is 29.8 Å². The molecule has 0 saturated heterocycles. The van der Waals surface area contributed by atoms with E-state index >= 15 is 0 Å². The number of halogens is 3. The lowest BCUT2D eigenvalue weighted by atomic mass is 10.2. The van der Waals surface area contributed by atoms with Gasteiger partial charge in [0.2, 0.25) is 5.82 Å². The van der Waals surface area contributed by atoms with Crippen LogP contribution >= 0.6 is 27.5 Å². The van der Waals surface area contributed by atoms with Gasteiger partial charge in [0.1, 0.15) is 11.4 Å². The Bertz CT molecular complexity index is 2150. The van der Waals surface area contributed by atoms with E-state index in [-0.39, 0.29) is 18.2 Å². The van der Waals surface area contributed by atoms with Gasteiger partial charge >= 0.3 is 0 Å². The zero-order valence-electron chi connectivity index (χ0n) is 22.9. The molecule has 220 valence electrons. The second-order valence-corrected chi connectivity index (χ2v) is 10.8. The van der Waals surface area contributed by atoms with Gasteiger partial charge in [0, 0.05) is 16.1 Å². The first kappa shape index (κ1) is 29.1. The van der Waals surface area contributed by atoms with E-state index in [0.717, 1.165) is 5.39 Å². The predicted octanol–water partition coefficient (Wildman–Crippen LogP) is 7.27. The minimum absolute atomic E-state index is 0.201. The number of furan rings is 1. The van der Waals surface area contributed by atoms with Crippen LogP contribution in [0.15, 0.2) is 104 Å². The number of carbonyl (C=O) groups excluding carboxylic acids is 1. The summed E-state index contributed by atoms with van der Waals surface area (Å²) in [6, 6.07) is 22.8. The van der Waals surface area contributed by atoms with E-state index in [9.17, 15) is 14.0 Å². The molecule has 0 spiro atoms. The van der Waals surface area contributed by atoms with E-state index in [4.69, 9.17) is 25.5 Å². The topological polar surface area (TPSA) is 108 Å². The molecule has 2 aromatic heterocycles. The minimum Gasteiger partial charge on any atom is -0.493 e. The zero-order chi connectivity index (χ0) is 30.8. The highest BCUT2D eigenvalue weighted by Crippen LogP contribution is 2.36. The smallest absolute Gasteiger partial charge is 0.282 e. The third kappa shape index (κ3) is 6.05. The summed E-state index contributed by atoms with van der Waals surface area (Å²) in [5, 5.41) is 8.73. The molecule has 0 aliphatic rings. The summed E-state index contributed by atoms with van der Waals surface area (Å²) in [6.07, 6.45) is 1.47. The largest absolute Gasteiger partial charge is 0.493 e. The summed E-state index contributed by atoms with van der Waals surface area (Å²) < 4.78 is 32.3. The summed E-state index contributed by atoms with van der Waals surface area (Å²) in [4.78, 5) is 30.7. The quantitative estimate of drug-likeness (QED) is 0.170. The number of ether oxygens (including phenoxy) is 2. The average molecular weight is 676 g/mol. The summed E-state index contributed by atoms with van der Waals surface area (Å²) in [5.41, 5.74) is 1.53. The molecule has 0 aliphatic heterocycles. The number of benzene rings is 4. The van der Waals surface area contributed by atoms with E-state index in [0.29, 0.717) is 48.7 Å². The van der Waals surface area contributed by atoms with Crippen LogP contribution in [-0.2, 0) is 4.79 Å². The summed E-state index contributed by atoms with van der Waals surface area (Å²) in [5.74, 6) is 0.150. The number of fused-ring (bicyclic) bond motifs is 2. The van der Waals surface area contributed by atoms with E-state index in [1.54, 1.807) is 66.7 Å². The minimum atomic E-state index is -0.487. The number of carbonyl (C=O) groups is 1. The number of para-hydroxylation sites is 1. The standard InChI is InChI=1S/C32H21BrClFN4O5/c1-42-27-12-18(11-24(33)30(27)43-17-29(40)37-22-6-4-5-21(35)15-22)16-36-39-31(38-25-8-3-2-7-23(25)32(39)41)28-14-19-13-20(34)9-10-26(19)44-28/h2-16H,17H2,1H3,(H,37,40). The number of amides is 1. The number of hydrogen-bond donors (Lipinski definition) is 1. The summed E-state index contributed by atoms with van der Waals surface area (Å²) >= 11 is 9.62. The number of nitrogens with one attached hydrogen (secondary N) is 1. The molecule has 0 saturated carbocycles. The fourth-order valence-electron chi connectivity index (χ4n) is 4.49. The van der Waals surface area contributed by atoms with Crippen LogP contribution in [0.5, 0.6) is 11.5 Å². The van der Waals surface area contributed by atoms with Crippen molar-refractivity contribution < 1.29 is 23.1 Å². The van der Waals surface area contributed by atoms with Crippen LogP contribution in [0.4, 0.5) is 10.1 Å². The van der Waals surface area contributed by atoms with Crippen molar-refractivity contribution in [3.05, 3.63) is 116 Å². The van der Waals surface area contributed by atoms with Crippen LogP contribution in [0.1, 0.15) is 5.56 Å². The highest BCUT2D eigenvalue weighted by molar-refractivity contribution is 9.10. The Balaban J connectivity index is 1.32. The Morgan fingerprint density at radius 1 is 1.11 bits per heavy atom. The van der Waals surface area contributed by atoms with Crippen molar-refractivity contribution in [2.24, 2.45) is 5.10 Å². The van der Waals surface area contributed by atoms with Gasteiger partial charge < -0.3 is 19.2 Å². The second-order valence-electron chi connectivity index (χ2n) is 9.49. The first-order valence-electron chi connectivity index (χ1n) is 13.1. The first-order chi connectivity index (χ1) is 21.3. The molecular weight excluding hydrogens is 655 g/mol. The van der Waals surface area contributed by atoms with Crippen LogP contribution in [0.2, 0.25) is 5.02 Å². The maximum absolute atomic E-state index is 13.6. The first-order valence-corrected chi connectivity index (χ1v) is 14.3. The molecule has 6 aromatic rings. The molecule has 4 aromatic carbocycles. The maximum atomic E-state index is 13.6. The van der Waals surface area contributed by atoms with Crippen molar-refractivity contribution in [3.8, 4) is 23.1 Å². The lowest BCUT2D eigenvalue weighted by Gasteiger charge is -2.13. The monoisotopic (exact) mass is 674 g/mol. The highest BCUT2D eigenvalue weighted by Gasteiger charge is 2.18. The summed E-state index contributed by atoms with van der Waals surface area (Å²) in [6.45, 7) is -0.358. The molecule has 0 bridgehead atoms. The van der Waals surface area contributed by atoms with Crippen molar-refractivity contribution in [2.75, 3.05) is 19.0 Å². The Morgan fingerprint density at radius 3 is 2.77 bits per heavy atom. The van der Waals surface area contributed by atoms with Crippen LogP contribution < -0.4 is 20.3 Å². The zero-order valence-corrected chi connectivity index (χ0v) is 25.2. The highest BCUT2D eigenvalue weighted by atomic mass is 79.9. The molecule has 0 fully saturated rings. The van der Waals surface area contributed by atoms with Crippen molar-refractivity contribution in [1.82, 2.24) is 9.66 Å². The molecule has 0 unspecified atom stereocenters. The van der Waals surface area contributed by atoms with Crippen LogP contribution in [-0.4, -0.2) is 35.5 Å². The lowest BCUT2D eigenvalue weighted by molar-refractivity contribution is -0.118. The number of methoxy groups -OCH3 is 1. The van der Waals surface area contributed by atoms with E-state index in [1.807, 2.05) is 0 Å². The summed E-state index contributed by atoms with van der Waals surface area (Å²) in [7, 11) is 1.45. The van der Waals surface area contributed by atoms with Gasteiger partial charge in [-0.05, 0) is 88.2 Å². The fourth-order valence-corrected chi connectivity index (χ4v) is 5.25. The second kappa shape index (κ2) is 12.3. The molecule has 2 heterocycles. The Labute approximate surface area is 262 Å². The van der Waals surface area contributed by atoms with Gasteiger partial charge in [-0.3, -0.25) is 9.59 Å². The number of nitrogens with zero attached hydrogens (tertiary/aromatic N) is 3. The van der Waals surface area contributed by atoms with Gasteiger partial charge in [0.05, 0.1) is 28.7 Å². The Kier molecular flexibility index (Phi) is 8.14. The molecule has 0 radical (unpaired) electrons. The van der Waals surface area contributed by atoms with Gasteiger partial charge in [0.25, 0.3) is 11.5 Å². The van der Waals surface area contributed by atoms with E-state index in [1.165, 1.54) is 36.2 Å². The van der Waals surface area contributed by atoms with Gasteiger partial charge in [-0.15, -0.1) is 0 Å². The lowest BCUT2D eigenvalue weighted by Crippen LogP contribution is -2.20. The number of anilines is 1. The van der Waals surface area contributed by atoms with Crippen LogP contribution in [0, 0.1) is 5.82 Å². The Hall–Kier alpha value is -5.00. The number of hydrogen-bond acceptors (Lipinski definition) is 7. The third-order valence-corrected chi connectivity index (χ3v) is 7.31. The van der Waals surface area contributed by atoms with Crippen LogP contribution in [0.25, 0.3) is 33.5 Å². The molecule has 0 atom stereocenters. The van der Waals surface area contributed by atoms with Crippen molar-refractivity contribution >= 4 is 67.2 Å². The molecular formula is C32H21BrClFN4O5. The van der Waals surface area contributed by atoms with Crippen molar-refractivity contribution in [3.63, 3.8) is 0 Å². The third-order valence-electron chi connectivity index (χ3n) is 6.48. The van der Waals surface area contributed by atoms with Gasteiger partial charge in [-0.25, -0.2) is 9.37 Å². The molecule has 12 heteroatoms. The molecule has 0 aliphatic carbocycles. The van der Waals surface area contributed by atoms with Crippen molar-refractivity contribution in [1.29, 1.82) is 0 Å². The van der Waals surface area contributed by atoms with Crippen molar-refractivity contribution in [2.45, 2.75) is 0 Å². The Morgan fingerprint density at radius 2 is 1.95 bits per heavy atom. The molecule has 1 N–H and O–H groups in total. The van der Waals surface area contributed by atoms with Gasteiger partial charge in [0.15, 0.2) is 23.9 Å². The normalized spacial score (nSPS) is 11.4. The maximum Gasteiger partial charge on any atom is 0.282 e. The van der Waals surface area contributed by atoms with E-state index in [2.05, 4.69) is 31.3 Å². The van der Waals surface area contributed by atoms with Gasteiger partial charge in [-0.2, -0.15) is 9.78 Å².